The van der Waals surface area contributed by atoms with E-state index < -0.39 is 36.6 Å². The Morgan fingerprint density at radius 3 is 0.357 bits per heavy atom. The molecule has 6 amide bonds. The first-order chi connectivity index (χ1) is 59.3. The molecule has 696 valence electrons. The molecule has 24 nitrogen and oxygen atoms in total. The largest absolute Gasteiger partial charge is 0.497 e. The van der Waals surface area contributed by atoms with Crippen LogP contribution in [0.1, 0.15) is 236 Å². The predicted octanol–water partition coefficient (Wildman–Crippen LogP) is 15.7. The Bertz CT molecular complexity index is 3700. The van der Waals surface area contributed by atoms with Crippen LogP contribution in [-0.4, -0.2) is 211 Å². The van der Waals surface area contributed by atoms with Gasteiger partial charge in [-0.05, 0) is 225 Å². The third-order valence-corrected chi connectivity index (χ3v) is 25.5. The lowest BCUT2D eigenvalue weighted by atomic mass is 9.75. The number of amides is 6. The van der Waals surface area contributed by atoms with Gasteiger partial charge in [-0.3, -0.25) is 28.8 Å². The van der Waals surface area contributed by atoms with Gasteiger partial charge in [0.2, 0.25) is 35.4 Å². The zero-order valence-corrected chi connectivity index (χ0v) is 80.4. The van der Waals surface area contributed by atoms with Crippen LogP contribution < -0.4 is 28.4 Å². The molecule has 6 N–H and O–H groups in total. The van der Waals surface area contributed by atoms with Crippen LogP contribution in [0.25, 0.3) is 0 Å². The summed E-state index contributed by atoms with van der Waals surface area (Å²) in [7, 11) is 9.80. The normalized spacial score (nSPS) is 23.4. The fourth-order valence-corrected chi connectivity index (χ4v) is 18.2. The molecular formula is C102H150N6O18. The van der Waals surface area contributed by atoms with Gasteiger partial charge in [0.05, 0.1) is 151 Å². The topological polar surface area (TPSA) is 299 Å². The lowest BCUT2D eigenvalue weighted by Gasteiger charge is -2.52. The van der Waals surface area contributed by atoms with E-state index >= 15 is 0 Å². The number of nitrogens with zero attached hydrogens (tertiary/aromatic N) is 6. The van der Waals surface area contributed by atoms with E-state index in [1.54, 1.807) is 42.7 Å². The SMILES string of the molecule is COc1ccc(C2[C@@H]([C@@H](O)C(C)C)C(=O)N2C(C)C)cc1.COc1ccc(C2[C@H](C(O)C(C)C)C(=O)N2C(C)C)cc1.COc1ccc(C2[C@H](C(O)C(C)C)C(=O)N2C(C)C)cc1.COc1ccc([C@@H]2[C@@H](C(O)C(C)C)C(=O)N2C(C)C)cc1.COc1ccc([C@@H]2[C@@H](C(O)C(C)C)C(=O)N2C(C)C)cc1.COc1ccc([C@@H]2[C@H]([C@H](O)C(C)C)C(=O)N2C(C)C)cc1. The third-order valence-electron chi connectivity index (χ3n) is 25.5. The fraction of sp³-hybridized carbons (Fsp3) is 0.588. The van der Waals surface area contributed by atoms with Gasteiger partial charge >= 0.3 is 0 Å². The number of carbonyl (C=O) groups is 6. The van der Waals surface area contributed by atoms with Crippen molar-refractivity contribution in [3.8, 4) is 34.5 Å². The summed E-state index contributed by atoms with van der Waals surface area (Å²) in [4.78, 5) is 85.5. The van der Waals surface area contributed by atoms with Crippen molar-refractivity contribution in [2.75, 3.05) is 42.7 Å². The number of likely N-dealkylation sites (tertiary alicyclic amines) is 6. The molecule has 6 aromatic rings. The maximum atomic E-state index is 12.4. The molecule has 6 heterocycles. The van der Waals surface area contributed by atoms with Crippen LogP contribution in [-0.2, 0) is 28.8 Å². The van der Waals surface area contributed by atoms with Gasteiger partial charge in [-0.1, -0.05) is 156 Å². The van der Waals surface area contributed by atoms with Crippen molar-refractivity contribution < 1.29 is 87.8 Å². The van der Waals surface area contributed by atoms with Crippen molar-refractivity contribution in [1.29, 1.82) is 0 Å². The van der Waals surface area contributed by atoms with Gasteiger partial charge in [0.25, 0.3) is 0 Å². The van der Waals surface area contributed by atoms with Gasteiger partial charge in [0, 0.05) is 36.3 Å². The maximum Gasteiger partial charge on any atom is 0.231 e. The van der Waals surface area contributed by atoms with E-state index in [2.05, 4.69) is 0 Å². The van der Waals surface area contributed by atoms with Crippen molar-refractivity contribution in [2.24, 2.45) is 71.0 Å². The molecule has 6 aliphatic heterocycles. The van der Waals surface area contributed by atoms with E-state index in [9.17, 15) is 59.4 Å². The summed E-state index contributed by atoms with van der Waals surface area (Å²) in [6, 6.07) is 46.9. The smallest absolute Gasteiger partial charge is 0.231 e. The quantitative estimate of drug-likeness (QED) is 0.0228. The first-order valence-electron chi connectivity index (χ1n) is 45.1. The molecule has 126 heavy (non-hydrogen) atoms. The summed E-state index contributed by atoms with van der Waals surface area (Å²) in [5.41, 5.74) is 6.30. The highest BCUT2D eigenvalue weighted by Crippen LogP contribution is 2.52. The highest BCUT2D eigenvalue weighted by atomic mass is 16.5. The van der Waals surface area contributed by atoms with E-state index in [1.165, 1.54) is 0 Å². The highest BCUT2D eigenvalue weighted by Gasteiger charge is 2.58. The minimum absolute atomic E-state index is 0.0482. The second-order valence-electron chi connectivity index (χ2n) is 37.9. The minimum Gasteiger partial charge on any atom is -0.497 e. The average molecular weight is 1750 g/mol. The Kier molecular flexibility index (Phi) is 37.6. The van der Waals surface area contributed by atoms with E-state index in [0.717, 1.165) is 67.9 Å². The Morgan fingerprint density at radius 1 is 0.190 bits per heavy atom. The number of aliphatic hydroxyl groups excluding tert-OH is 6. The van der Waals surface area contributed by atoms with Crippen molar-refractivity contribution in [1.82, 2.24) is 29.4 Å². The first-order valence-corrected chi connectivity index (χ1v) is 45.1. The summed E-state index contributed by atoms with van der Waals surface area (Å²) < 4.78 is 31.1. The van der Waals surface area contributed by atoms with Crippen LogP contribution in [0, 0.1) is 71.0 Å². The van der Waals surface area contributed by atoms with Gasteiger partial charge in [0.1, 0.15) is 34.5 Å². The molecule has 0 aliphatic carbocycles. The van der Waals surface area contributed by atoms with Crippen molar-refractivity contribution in [3.63, 3.8) is 0 Å². The molecule has 0 spiro atoms. The molecule has 12 rings (SSSR count). The molecule has 0 aromatic heterocycles. The second-order valence-corrected chi connectivity index (χ2v) is 37.9. The summed E-state index contributed by atoms with van der Waals surface area (Å²) >= 11 is 0. The van der Waals surface area contributed by atoms with Crippen molar-refractivity contribution in [2.45, 2.75) is 275 Å². The molecule has 6 saturated heterocycles. The van der Waals surface area contributed by atoms with E-state index in [0.29, 0.717) is 0 Å². The second kappa shape index (κ2) is 45.6. The lowest BCUT2D eigenvalue weighted by molar-refractivity contribution is -0.172. The Labute approximate surface area is 751 Å². The van der Waals surface area contributed by atoms with Crippen LogP contribution in [0.3, 0.4) is 0 Å². The molecular weight excluding hydrogens is 1600 g/mol. The molecule has 6 fully saturated rings. The van der Waals surface area contributed by atoms with Gasteiger partial charge in [0.15, 0.2) is 0 Å². The summed E-state index contributed by atoms with van der Waals surface area (Å²) in [6.45, 7) is 47.4. The van der Waals surface area contributed by atoms with Gasteiger partial charge < -0.3 is 88.5 Å². The number of hydrogen-bond acceptors (Lipinski definition) is 18. The Hall–Kier alpha value is -9.30. The molecule has 18 atom stereocenters. The van der Waals surface area contributed by atoms with E-state index in [-0.39, 0.29) is 179 Å². The standard InChI is InChI=1S/6C17H25NO3/c6*1-10(2)16(19)14-15(18(11(3)4)17(14)20)12-6-8-13(21-5)9-7-12/h6*6-11,14-16,19H,1-5H3/t2*14-,15?,16?;14-,15?,16-;2*14-,15+,16?;14-,15-,16-/m110001/s1. The molecule has 6 aliphatic rings. The summed E-state index contributed by atoms with van der Waals surface area (Å²) in [6.07, 6.45) is -3.67. The number of ether oxygens (including phenoxy) is 6. The van der Waals surface area contributed by atoms with E-state index in [1.807, 2.05) is 341 Å². The Balaban J connectivity index is 0.000000207. The van der Waals surface area contributed by atoms with Crippen LogP contribution in [0.2, 0.25) is 0 Å². The van der Waals surface area contributed by atoms with Gasteiger partial charge in [-0.25, -0.2) is 0 Å². The maximum absolute atomic E-state index is 12.4. The third kappa shape index (κ3) is 22.9. The highest BCUT2D eigenvalue weighted by molar-refractivity contribution is 5.91. The van der Waals surface area contributed by atoms with Crippen LogP contribution in [0.5, 0.6) is 34.5 Å². The van der Waals surface area contributed by atoms with Crippen molar-refractivity contribution in [3.05, 3.63) is 179 Å². The van der Waals surface area contributed by atoms with Crippen LogP contribution >= 0.6 is 0 Å². The van der Waals surface area contributed by atoms with E-state index in [4.69, 9.17) is 28.4 Å². The predicted molar refractivity (Wildman–Crippen MR) is 492 cm³/mol. The zero-order valence-electron chi connectivity index (χ0n) is 80.4. The monoisotopic (exact) mass is 1750 g/mol. The number of aliphatic hydroxyl groups is 6. The van der Waals surface area contributed by atoms with Crippen molar-refractivity contribution >= 4 is 35.4 Å². The van der Waals surface area contributed by atoms with Gasteiger partial charge in [-0.15, -0.1) is 0 Å². The number of methoxy groups -OCH3 is 6. The molecule has 6 aromatic carbocycles. The number of carbonyl (C=O) groups excluding carboxylic acids is 6. The molecule has 0 radical (unpaired) electrons. The first kappa shape index (κ1) is 104. The molecule has 0 saturated carbocycles. The zero-order chi connectivity index (χ0) is 94.4. The lowest BCUT2D eigenvalue weighted by Crippen LogP contribution is -2.62. The average Bonchev–Trinajstić information content (AvgIpc) is 0.769. The van der Waals surface area contributed by atoms with Crippen LogP contribution in [0.4, 0.5) is 0 Å². The summed E-state index contributed by atoms with van der Waals surface area (Å²) in [5, 5.41) is 62.3. The number of β-lactam (4-membered cyclic amide) rings is 6. The molecule has 7 unspecified atom stereocenters. The number of hydrogen-bond donors (Lipinski definition) is 6. The van der Waals surface area contributed by atoms with Gasteiger partial charge in [-0.2, -0.15) is 0 Å². The number of rotatable bonds is 30. The Morgan fingerprint density at radius 2 is 0.286 bits per heavy atom. The fourth-order valence-electron chi connectivity index (χ4n) is 18.2. The number of benzene rings is 6. The summed E-state index contributed by atoms with van der Waals surface area (Å²) in [5.74, 6) is 3.35. The minimum atomic E-state index is -0.611. The van der Waals surface area contributed by atoms with Crippen LogP contribution in [0.15, 0.2) is 146 Å². The molecule has 24 heteroatoms. The molecule has 0 bridgehead atoms.